The average molecular weight is 379 g/mol. The lowest BCUT2D eigenvalue weighted by molar-refractivity contribution is -0.118. The van der Waals surface area contributed by atoms with Gasteiger partial charge in [-0.05, 0) is 51.3 Å². The lowest BCUT2D eigenvalue weighted by Crippen LogP contribution is -2.46. The standard InChI is InChI=1S/C19H29N3O5/c1-11(2)9-15(22-18(25)27-19(3,4)5)16(23)21-14-8-7-12(10-13(14)20)17(24)26-6/h7-8,10-11,15H,9,20H2,1-6H3,(H,21,23)(H,22,25). The fourth-order valence-electron chi connectivity index (χ4n) is 2.29. The summed E-state index contributed by atoms with van der Waals surface area (Å²) in [4.78, 5) is 36.2. The van der Waals surface area contributed by atoms with Crippen molar-refractivity contribution < 1.29 is 23.9 Å². The third kappa shape index (κ3) is 7.55. The van der Waals surface area contributed by atoms with E-state index in [4.69, 9.17) is 10.5 Å². The molecule has 1 aromatic carbocycles. The third-order valence-corrected chi connectivity index (χ3v) is 3.45. The van der Waals surface area contributed by atoms with Crippen LogP contribution in [0.2, 0.25) is 0 Å². The quantitative estimate of drug-likeness (QED) is 0.516. The first-order valence-corrected chi connectivity index (χ1v) is 8.71. The summed E-state index contributed by atoms with van der Waals surface area (Å²) >= 11 is 0. The van der Waals surface area contributed by atoms with E-state index in [1.165, 1.54) is 25.3 Å². The topological polar surface area (TPSA) is 120 Å². The highest BCUT2D eigenvalue weighted by Crippen LogP contribution is 2.21. The van der Waals surface area contributed by atoms with E-state index in [1.807, 2.05) is 13.8 Å². The second-order valence-corrected chi connectivity index (χ2v) is 7.61. The van der Waals surface area contributed by atoms with Crippen molar-refractivity contribution in [1.82, 2.24) is 5.32 Å². The van der Waals surface area contributed by atoms with Gasteiger partial charge in [0.25, 0.3) is 0 Å². The number of carbonyl (C=O) groups excluding carboxylic acids is 3. The molecule has 4 N–H and O–H groups in total. The molecule has 0 saturated heterocycles. The first-order chi connectivity index (χ1) is 12.4. The Hall–Kier alpha value is -2.77. The molecule has 8 nitrogen and oxygen atoms in total. The van der Waals surface area contributed by atoms with Gasteiger partial charge in [-0.1, -0.05) is 13.8 Å². The minimum Gasteiger partial charge on any atom is -0.465 e. The normalized spacial score (nSPS) is 12.3. The van der Waals surface area contributed by atoms with Gasteiger partial charge in [0.15, 0.2) is 0 Å². The van der Waals surface area contributed by atoms with E-state index in [0.717, 1.165) is 0 Å². The lowest BCUT2D eigenvalue weighted by Gasteiger charge is -2.24. The molecule has 0 radical (unpaired) electrons. The number of nitrogens with two attached hydrogens (primary N) is 1. The number of ether oxygens (including phenoxy) is 2. The number of nitrogen functional groups attached to an aromatic ring is 1. The molecule has 1 atom stereocenters. The van der Waals surface area contributed by atoms with Gasteiger partial charge >= 0.3 is 12.1 Å². The molecule has 150 valence electrons. The van der Waals surface area contributed by atoms with Crippen molar-refractivity contribution in [3.8, 4) is 0 Å². The molecule has 0 aliphatic heterocycles. The molecule has 0 bridgehead atoms. The molecular weight excluding hydrogens is 350 g/mol. The predicted octanol–water partition coefficient (Wildman–Crippen LogP) is 2.93. The minimum absolute atomic E-state index is 0.162. The van der Waals surface area contributed by atoms with Gasteiger partial charge in [0.1, 0.15) is 11.6 Å². The Kier molecular flexibility index (Phi) is 7.63. The number of hydrogen-bond acceptors (Lipinski definition) is 6. The smallest absolute Gasteiger partial charge is 0.408 e. The zero-order valence-electron chi connectivity index (χ0n) is 16.7. The van der Waals surface area contributed by atoms with Crippen LogP contribution in [0.1, 0.15) is 51.4 Å². The summed E-state index contributed by atoms with van der Waals surface area (Å²) in [6, 6.07) is 3.63. The first-order valence-electron chi connectivity index (χ1n) is 8.71. The van der Waals surface area contributed by atoms with Crippen LogP contribution in [-0.2, 0) is 14.3 Å². The Morgan fingerprint density at radius 1 is 1.19 bits per heavy atom. The summed E-state index contributed by atoms with van der Waals surface area (Å²) in [6.45, 7) is 9.11. The predicted molar refractivity (Wildman–Crippen MR) is 103 cm³/mol. The number of nitrogens with one attached hydrogen (secondary N) is 2. The molecule has 0 spiro atoms. The SMILES string of the molecule is COC(=O)c1ccc(NC(=O)C(CC(C)C)NC(=O)OC(C)(C)C)c(N)c1. The monoisotopic (exact) mass is 379 g/mol. The summed E-state index contributed by atoms with van der Waals surface area (Å²) in [7, 11) is 1.27. The van der Waals surface area contributed by atoms with E-state index < -0.39 is 29.6 Å². The lowest BCUT2D eigenvalue weighted by atomic mass is 10.0. The number of hydrogen-bond donors (Lipinski definition) is 3. The second-order valence-electron chi connectivity index (χ2n) is 7.61. The Labute approximate surface area is 159 Å². The summed E-state index contributed by atoms with van der Waals surface area (Å²) in [5, 5.41) is 5.28. The van der Waals surface area contributed by atoms with Crippen LogP contribution >= 0.6 is 0 Å². The Bertz CT molecular complexity index is 695. The van der Waals surface area contributed by atoms with Crippen LogP contribution in [0.3, 0.4) is 0 Å². The number of methoxy groups -OCH3 is 1. The van der Waals surface area contributed by atoms with E-state index in [2.05, 4.69) is 15.4 Å². The molecule has 0 aliphatic carbocycles. The van der Waals surface area contributed by atoms with E-state index in [0.29, 0.717) is 12.1 Å². The van der Waals surface area contributed by atoms with Crippen molar-refractivity contribution in [2.75, 3.05) is 18.2 Å². The van der Waals surface area contributed by atoms with Gasteiger partial charge in [-0.2, -0.15) is 0 Å². The van der Waals surface area contributed by atoms with Gasteiger partial charge in [0.05, 0.1) is 24.0 Å². The largest absolute Gasteiger partial charge is 0.465 e. The summed E-state index contributed by atoms with van der Waals surface area (Å²) < 4.78 is 9.86. The number of benzene rings is 1. The molecule has 1 unspecified atom stereocenters. The molecular formula is C19H29N3O5. The average Bonchev–Trinajstić information content (AvgIpc) is 2.53. The molecule has 0 heterocycles. The van der Waals surface area contributed by atoms with Gasteiger partial charge < -0.3 is 25.8 Å². The molecule has 0 aliphatic rings. The number of esters is 1. The maximum atomic E-state index is 12.6. The molecule has 27 heavy (non-hydrogen) atoms. The van der Waals surface area contributed by atoms with Crippen LogP contribution in [-0.4, -0.2) is 36.7 Å². The highest BCUT2D eigenvalue weighted by atomic mass is 16.6. The van der Waals surface area contributed by atoms with Crippen LogP contribution < -0.4 is 16.4 Å². The van der Waals surface area contributed by atoms with Crippen LogP contribution in [0.5, 0.6) is 0 Å². The van der Waals surface area contributed by atoms with Gasteiger partial charge in [0, 0.05) is 0 Å². The van der Waals surface area contributed by atoms with Gasteiger partial charge in [0.2, 0.25) is 5.91 Å². The number of alkyl carbamates (subject to hydrolysis) is 1. The van der Waals surface area contributed by atoms with E-state index in [-0.39, 0.29) is 17.2 Å². The summed E-state index contributed by atoms with van der Waals surface area (Å²) in [5.41, 5.74) is 6.08. The maximum absolute atomic E-state index is 12.6. The van der Waals surface area contributed by atoms with Crippen LogP contribution in [0.15, 0.2) is 18.2 Å². The van der Waals surface area contributed by atoms with Crippen molar-refractivity contribution >= 4 is 29.3 Å². The molecule has 1 rings (SSSR count). The molecule has 1 aromatic rings. The zero-order valence-corrected chi connectivity index (χ0v) is 16.7. The minimum atomic E-state index is -0.792. The van der Waals surface area contributed by atoms with Crippen molar-refractivity contribution in [1.29, 1.82) is 0 Å². The maximum Gasteiger partial charge on any atom is 0.408 e. The van der Waals surface area contributed by atoms with Crippen molar-refractivity contribution in [2.24, 2.45) is 5.92 Å². The Morgan fingerprint density at radius 3 is 2.30 bits per heavy atom. The number of carbonyl (C=O) groups is 3. The summed E-state index contributed by atoms with van der Waals surface area (Å²) in [5.74, 6) is -0.786. The number of amides is 2. The van der Waals surface area contributed by atoms with E-state index in [1.54, 1.807) is 20.8 Å². The van der Waals surface area contributed by atoms with Crippen LogP contribution in [0, 0.1) is 5.92 Å². The highest BCUT2D eigenvalue weighted by Gasteiger charge is 2.25. The molecule has 0 saturated carbocycles. The first kappa shape index (κ1) is 22.3. The molecule has 2 amide bonds. The van der Waals surface area contributed by atoms with Crippen LogP contribution in [0.25, 0.3) is 0 Å². The summed E-state index contributed by atoms with van der Waals surface area (Å²) in [6.07, 6.45) is -0.247. The number of anilines is 2. The molecule has 0 aromatic heterocycles. The Morgan fingerprint density at radius 2 is 1.81 bits per heavy atom. The van der Waals surface area contributed by atoms with Crippen molar-refractivity contribution in [3.63, 3.8) is 0 Å². The Balaban J connectivity index is 2.90. The van der Waals surface area contributed by atoms with E-state index in [9.17, 15) is 14.4 Å². The molecule has 8 heteroatoms. The second kappa shape index (κ2) is 9.25. The number of rotatable bonds is 6. The van der Waals surface area contributed by atoms with Gasteiger partial charge in [-0.25, -0.2) is 9.59 Å². The molecule has 0 fully saturated rings. The van der Waals surface area contributed by atoms with E-state index >= 15 is 0 Å². The van der Waals surface area contributed by atoms with Crippen molar-refractivity contribution in [3.05, 3.63) is 23.8 Å². The third-order valence-electron chi connectivity index (χ3n) is 3.45. The van der Waals surface area contributed by atoms with Gasteiger partial charge in [-0.3, -0.25) is 4.79 Å². The fraction of sp³-hybridized carbons (Fsp3) is 0.526. The zero-order chi connectivity index (χ0) is 20.8. The van der Waals surface area contributed by atoms with Crippen molar-refractivity contribution in [2.45, 2.75) is 52.7 Å². The fourth-order valence-corrected chi connectivity index (χ4v) is 2.29. The highest BCUT2D eigenvalue weighted by molar-refractivity contribution is 6.00. The van der Waals surface area contributed by atoms with Crippen LogP contribution in [0.4, 0.5) is 16.2 Å². The van der Waals surface area contributed by atoms with Gasteiger partial charge in [-0.15, -0.1) is 0 Å².